The van der Waals surface area contributed by atoms with Crippen molar-refractivity contribution in [3.63, 3.8) is 0 Å². The first-order chi connectivity index (χ1) is 7.40. The molecule has 0 fully saturated rings. The van der Waals surface area contributed by atoms with Crippen LogP contribution in [0, 0.1) is 13.8 Å². The van der Waals surface area contributed by atoms with Crippen LogP contribution in [0.5, 0.6) is 0 Å². The van der Waals surface area contributed by atoms with Gasteiger partial charge in [0.1, 0.15) is 6.04 Å². The molecule has 1 rings (SSSR count). The maximum absolute atomic E-state index is 12.0. The van der Waals surface area contributed by atoms with Crippen LogP contribution in [-0.4, -0.2) is 34.2 Å². The van der Waals surface area contributed by atoms with E-state index in [2.05, 4.69) is 21.0 Å². The summed E-state index contributed by atoms with van der Waals surface area (Å²) in [6.07, 6.45) is 0. The molecule has 1 aromatic heterocycles. The summed E-state index contributed by atoms with van der Waals surface area (Å²) in [5, 5.41) is 4.37. The fourth-order valence-electron chi connectivity index (χ4n) is 1.60. The molecule has 0 aliphatic heterocycles. The van der Waals surface area contributed by atoms with Crippen LogP contribution in [0.4, 0.5) is 0 Å². The smallest absolute Gasteiger partial charge is 0.246 e. The minimum Gasteiger partial charge on any atom is -0.344 e. The van der Waals surface area contributed by atoms with Crippen molar-refractivity contribution in [3.8, 4) is 0 Å². The quantitative estimate of drug-likeness (QED) is 0.856. The van der Waals surface area contributed by atoms with Gasteiger partial charge in [-0.3, -0.25) is 9.48 Å². The fourth-order valence-corrected chi connectivity index (χ4v) is 1.86. The number of likely N-dealkylation sites (N-methyl/N-ethyl adjacent to an activating group) is 1. The predicted octanol–water partition coefficient (Wildman–Crippen LogP) is 2.30. The number of rotatable bonds is 3. The lowest BCUT2D eigenvalue weighted by Crippen LogP contribution is -2.33. The van der Waals surface area contributed by atoms with Gasteiger partial charge in [-0.25, -0.2) is 0 Å². The normalized spacial score (nSPS) is 12.6. The summed E-state index contributed by atoms with van der Waals surface area (Å²) in [6, 6.07) is -0.255. The van der Waals surface area contributed by atoms with E-state index >= 15 is 0 Å². The summed E-state index contributed by atoms with van der Waals surface area (Å²) < 4.78 is 2.75. The van der Waals surface area contributed by atoms with E-state index in [4.69, 9.17) is 0 Å². The third-order valence-corrected chi connectivity index (χ3v) is 3.96. The molecule has 0 aromatic carbocycles. The summed E-state index contributed by atoms with van der Waals surface area (Å²) in [5.41, 5.74) is 1.90. The first kappa shape index (κ1) is 13.2. The molecule has 0 bridgehead atoms. The zero-order valence-electron chi connectivity index (χ0n) is 10.4. The number of hydrogen-bond donors (Lipinski definition) is 0. The maximum atomic E-state index is 12.0. The third kappa shape index (κ3) is 2.29. The highest BCUT2D eigenvalue weighted by atomic mass is 79.9. The Kier molecular flexibility index (Phi) is 4.13. The SMILES string of the molecule is CCN(C)C(=O)C(C)n1nc(C)c(Br)c1C. The molecule has 0 aliphatic rings. The van der Waals surface area contributed by atoms with E-state index < -0.39 is 0 Å². The molecule has 0 aliphatic carbocycles. The highest BCUT2D eigenvalue weighted by Crippen LogP contribution is 2.23. The van der Waals surface area contributed by atoms with Crippen molar-refractivity contribution in [2.45, 2.75) is 33.7 Å². The first-order valence-corrected chi connectivity index (χ1v) is 6.15. The van der Waals surface area contributed by atoms with Gasteiger partial charge in [0.05, 0.1) is 15.9 Å². The van der Waals surface area contributed by atoms with Crippen LogP contribution in [-0.2, 0) is 4.79 Å². The molecule has 90 valence electrons. The van der Waals surface area contributed by atoms with Crippen molar-refractivity contribution in [1.82, 2.24) is 14.7 Å². The lowest BCUT2D eigenvalue weighted by Gasteiger charge is -2.20. The van der Waals surface area contributed by atoms with Crippen molar-refractivity contribution in [1.29, 1.82) is 0 Å². The monoisotopic (exact) mass is 287 g/mol. The van der Waals surface area contributed by atoms with Crippen LogP contribution in [0.25, 0.3) is 0 Å². The van der Waals surface area contributed by atoms with E-state index in [0.717, 1.165) is 15.9 Å². The van der Waals surface area contributed by atoms with Crippen molar-refractivity contribution in [2.24, 2.45) is 0 Å². The molecule has 0 N–H and O–H groups in total. The lowest BCUT2D eigenvalue weighted by atomic mass is 10.3. The van der Waals surface area contributed by atoms with Crippen LogP contribution >= 0.6 is 15.9 Å². The van der Waals surface area contributed by atoms with Gasteiger partial charge in [0.15, 0.2) is 0 Å². The molecule has 1 atom stereocenters. The second-order valence-electron chi connectivity index (χ2n) is 3.96. The van der Waals surface area contributed by atoms with Gasteiger partial charge in [0.25, 0.3) is 0 Å². The largest absolute Gasteiger partial charge is 0.344 e. The molecule has 1 unspecified atom stereocenters. The second-order valence-corrected chi connectivity index (χ2v) is 4.75. The number of hydrogen-bond acceptors (Lipinski definition) is 2. The van der Waals surface area contributed by atoms with Gasteiger partial charge < -0.3 is 4.90 Å². The zero-order valence-corrected chi connectivity index (χ0v) is 12.0. The molecule has 0 saturated carbocycles. The topological polar surface area (TPSA) is 38.1 Å². The van der Waals surface area contributed by atoms with Crippen LogP contribution in [0.2, 0.25) is 0 Å². The highest BCUT2D eigenvalue weighted by molar-refractivity contribution is 9.10. The number of aromatic nitrogens is 2. The summed E-state index contributed by atoms with van der Waals surface area (Å²) in [4.78, 5) is 13.7. The minimum atomic E-state index is -0.255. The van der Waals surface area contributed by atoms with Gasteiger partial charge in [0.2, 0.25) is 5.91 Å². The number of nitrogens with zero attached hydrogens (tertiary/aromatic N) is 3. The molecule has 5 heteroatoms. The van der Waals surface area contributed by atoms with Crippen LogP contribution in [0.3, 0.4) is 0 Å². The van der Waals surface area contributed by atoms with E-state index in [0.29, 0.717) is 6.54 Å². The molecule has 1 heterocycles. The van der Waals surface area contributed by atoms with Crippen LogP contribution < -0.4 is 0 Å². The van der Waals surface area contributed by atoms with Gasteiger partial charge in [-0.15, -0.1) is 0 Å². The maximum Gasteiger partial charge on any atom is 0.246 e. The summed E-state index contributed by atoms with van der Waals surface area (Å²) in [5.74, 6) is 0.0839. The van der Waals surface area contributed by atoms with Gasteiger partial charge in [-0.2, -0.15) is 5.10 Å². The van der Waals surface area contributed by atoms with Crippen molar-refractivity contribution in [2.75, 3.05) is 13.6 Å². The van der Waals surface area contributed by atoms with E-state index in [1.807, 2.05) is 27.7 Å². The van der Waals surface area contributed by atoms with Crippen molar-refractivity contribution < 1.29 is 4.79 Å². The number of carbonyl (C=O) groups excluding carboxylic acids is 1. The molecule has 4 nitrogen and oxygen atoms in total. The van der Waals surface area contributed by atoms with E-state index in [1.165, 1.54) is 0 Å². The van der Waals surface area contributed by atoms with E-state index in [9.17, 15) is 4.79 Å². The molecule has 1 aromatic rings. The Balaban J connectivity index is 3.01. The Morgan fingerprint density at radius 2 is 2.12 bits per heavy atom. The number of halogens is 1. The molecule has 0 saturated heterocycles. The Labute approximate surface area is 105 Å². The summed E-state index contributed by atoms with van der Waals surface area (Å²) >= 11 is 3.46. The van der Waals surface area contributed by atoms with E-state index in [-0.39, 0.29) is 11.9 Å². The van der Waals surface area contributed by atoms with Crippen molar-refractivity contribution in [3.05, 3.63) is 15.9 Å². The number of aryl methyl sites for hydroxylation is 1. The van der Waals surface area contributed by atoms with E-state index in [1.54, 1.807) is 16.6 Å². The fraction of sp³-hybridized carbons (Fsp3) is 0.636. The van der Waals surface area contributed by atoms with Crippen LogP contribution in [0.1, 0.15) is 31.3 Å². The average Bonchev–Trinajstić information content (AvgIpc) is 2.54. The molecule has 0 spiro atoms. The predicted molar refractivity (Wildman–Crippen MR) is 67.4 cm³/mol. The molecule has 0 radical (unpaired) electrons. The first-order valence-electron chi connectivity index (χ1n) is 5.36. The number of carbonyl (C=O) groups is 1. The highest BCUT2D eigenvalue weighted by Gasteiger charge is 2.22. The molecular formula is C11H18BrN3O. The Morgan fingerprint density at radius 1 is 1.56 bits per heavy atom. The summed E-state index contributed by atoms with van der Waals surface area (Å²) in [6.45, 7) is 8.43. The zero-order chi connectivity index (χ0) is 12.5. The third-order valence-electron chi connectivity index (χ3n) is 2.81. The average molecular weight is 288 g/mol. The Hall–Kier alpha value is -0.840. The molecule has 16 heavy (non-hydrogen) atoms. The lowest BCUT2D eigenvalue weighted by molar-refractivity contribution is -0.133. The van der Waals surface area contributed by atoms with Crippen molar-refractivity contribution >= 4 is 21.8 Å². The number of amides is 1. The summed E-state index contributed by atoms with van der Waals surface area (Å²) in [7, 11) is 1.81. The van der Waals surface area contributed by atoms with Gasteiger partial charge in [0, 0.05) is 13.6 Å². The molecular weight excluding hydrogens is 270 g/mol. The standard InChI is InChI=1S/C11H18BrN3O/c1-6-14(5)11(16)9(4)15-8(3)10(12)7(2)13-15/h9H,6H2,1-5H3. The van der Waals surface area contributed by atoms with Gasteiger partial charge in [-0.05, 0) is 43.6 Å². The minimum absolute atomic E-state index is 0.0839. The van der Waals surface area contributed by atoms with Crippen LogP contribution in [0.15, 0.2) is 4.47 Å². The second kappa shape index (κ2) is 4.99. The molecule has 1 amide bonds. The Morgan fingerprint density at radius 3 is 2.50 bits per heavy atom. The van der Waals surface area contributed by atoms with Gasteiger partial charge in [-0.1, -0.05) is 0 Å². The van der Waals surface area contributed by atoms with Gasteiger partial charge >= 0.3 is 0 Å². The Bertz CT molecular complexity index is 400.